The average molecular weight is 242 g/mol. The Labute approximate surface area is 96.9 Å². The molecular formula is C11H18N2O2S. The fraction of sp³-hybridized carbons (Fsp3) is 0.455. The van der Waals surface area contributed by atoms with E-state index in [1.54, 1.807) is 0 Å². The first-order valence-electron chi connectivity index (χ1n) is 5.35. The van der Waals surface area contributed by atoms with Crippen LogP contribution in [0.1, 0.15) is 12.0 Å². The highest BCUT2D eigenvalue weighted by Gasteiger charge is 2.07. The summed E-state index contributed by atoms with van der Waals surface area (Å²) in [5, 5.41) is 0. The monoisotopic (exact) mass is 242 g/mol. The van der Waals surface area contributed by atoms with Crippen LogP contribution in [-0.2, 0) is 16.4 Å². The number of sulfonamides is 1. The minimum Gasteiger partial charge on any atom is -0.330 e. The molecule has 0 saturated carbocycles. The van der Waals surface area contributed by atoms with Crippen LogP contribution in [0.15, 0.2) is 30.3 Å². The SMILES string of the molecule is NCCCS(=O)(=O)NCCc1ccccc1. The highest BCUT2D eigenvalue weighted by molar-refractivity contribution is 7.89. The normalized spacial score (nSPS) is 11.6. The summed E-state index contributed by atoms with van der Waals surface area (Å²) in [6.45, 7) is 0.844. The summed E-state index contributed by atoms with van der Waals surface area (Å²) >= 11 is 0. The lowest BCUT2D eigenvalue weighted by atomic mass is 10.2. The van der Waals surface area contributed by atoms with Gasteiger partial charge in [-0.15, -0.1) is 0 Å². The van der Waals surface area contributed by atoms with Crippen molar-refractivity contribution in [2.24, 2.45) is 5.73 Å². The summed E-state index contributed by atoms with van der Waals surface area (Å²) < 4.78 is 25.4. The Bertz CT molecular complexity index is 390. The molecule has 0 heterocycles. The molecule has 1 aromatic rings. The van der Waals surface area contributed by atoms with E-state index in [1.165, 1.54) is 0 Å². The van der Waals surface area contributed by atoms with E-state index in [4.69, 9.17) is 5.73 Å². The maximum Gasteiger partial charge on any atom is 0.211 e. The second-order valence-electron chi connectivity index (χ2n) is 3.59. The number of benzene rings is 1. The van der Waals surface area contributed by atoms with Crippen molar-refractivity contribution in [3.05, 3.63) is 35.9 Å². The topological polar surface area (TPSA) is 72.2 Å². The third-order valence-corrected chi connectivity index (χ3v) is 3.67. The molecule has 16 heavy (non-hydrogen) atoms. The molecule has 0 spiro atoms. The Kier molecular flexibility index (Phi) is 5.45. The van der Waals surface area contributed by atoms with Gasteiger partial charge in [-0.2, -0.15) is 0 Å². The molecule has 90 valence electrons. The third-order valence-electron chi connectivity index (χ3n) is 2.20. The molecule has 1 aromatic carbocycles. The van der Waals surface area contributed by atoms with E-state index in [-0.39, 0.29) is 5.75 Å². The van der Waals surface area contributed by atoms with Crippen molar-refractivity contribution >= 4 is 10.0 Å². The number of nitrogens with one attached hydrogen (secondary N) is 1. The molecule has 0 bridgehead atoms. The molecular weight excluding hydrogens is 224 g/mol. The van der Waals surface area contributed by atoms with Gasteiger partial charge in [-0.3, -0.25) is 0 Å². The van der Waals surface area contributed by atoms with Gasteiger partial charge in [0.1, 0.15) is 0 Å². The summed E-state index contributed by atoms with van der Waals surface area (Å²) in [6.07, 6.45) is 1.21. The van der Waals surface area contributed by atoms with E-state index >= 15 is 0 Å². The fourth-order valence-corrected chi connectivity index (χ4v) is 2.45. The van der Waals surface area contributed by atoms with Crippen molar-refractivity contribution in [3.63, 3.8) is 0 Å². The number of rotatable bonds is 7. The Morgan fingerprint density at radius 3 is 2.50 bits per heavy atom. The molecule has 0 fully saturated rings. The van der Waals surface area contributed by atoms with Gasteiger partial charge < -0.3 is 5.73 Å². The summed E-state index contributed by atoms with van der Waals surface area (Å²) in [5.74, 6) is 0.109. The van der Waals surface area contributed by atoms with Crippen LogP contribution in [0.2, 0.25) is 0 Å². The third kappa shape index (κ3) is 5.25. The van der Waals surface area contributed by atoms with Crippen LogP contribution < -0.4 is 10.5 Å². The van der Waals surface area contributed by atoms with Crippen LogP contribution in [0, 0.1) is 0 Å². The van der Waals surface area contributed by atoms with Crippen LogP contribution in [-0.4, -0.2) is 27.3 Å². The van der Waals surface area contributed by atoms with Crippen LogP contribution >= 0.6 is 0 Å². The van der Waals surface area contributed by atoms with E-state index in [1.807, 2.05) is 30.3 Å². The number of hydrogen-bond donors (Lipinski definition) is 2. The summed E-state index contributed by atoms with van der Waals surface area (Å²) in [6, 6.07) is 9.79. The van der Waals surface area contributed by atoms with Crippen LogP contribution in [0.3, 0.4) is 0 Å². The van der Waals surface area contributed by atoms with Gasteiger partial charge >= 0.3 is 0 Å². The van der Waals surface area contributed by atoms with E-state index in [0.29, 0.717) is 25.9 Å². The lowest BCUT2D eigenvalue weighted by Gasteiger charge is -2.05. The molecule has 0 unspecified atom stereocenters. The number of hydrogen-bond acceptors (Lipinski definition) is 3. The zero-order valence-electron chi connectivity index (χ0n) is 9.22. The quantitative estimate of drug-likeness (QED) is 0.731. The predicted molar refractivity (Wildman–Crippen MR) is 65.6 cm³/mol. The molecule has 0 aromatic heterocycles. The molecule has 4 nitrogen and oxygen atoms in total. The van der Waals surface area contributed by atoms with Crippen molar-refractivity contribution in [1.29, 1.82) is 0 Å². The smallest absolute Gasteiger partial charge is 0.211 e. The van der Waals surface area contributed by atoms with E-state index in [9.17, 15) is 8.42 Å². The molecule has 0 saturated heterocycles. The summed E-state index contributed by atoms with van der Waals surface area (Å²) in [4.78, 5) is 0. The van der Waals surface area contributed by atoms with Gasteiger partial charge in [0.05, 0.1) is 5.75 Å². The van der Waals surface area contributed by atoms with E-state index in [0.717, 1.165) is 5.56 Å². The van der Waals surface area contributed by atoms with Crippen molar-refractivity contribution in [2.45, 2.75) is 12.8 Å². The predicted octanol–water partition coefficient (Wildman–Crippen LogP) is 0.497. The molecule has 1 rings (SSSR count). The Morgan fingerprint density at radius 2 is 1.88 bits per heavy atom. The lowest BCUT2D eigenvalue weighted by Crippen LogP contribution is -2.29. The highest BCUT2D eigenvalue weighted by atomic mass is 32.2. The standard InChI is InChI=1S/C11H18N2O2S/c12-8-4-10-16(14,15)13-9-7-11-5-2-1-3-6-11/h1-3,5-6,13H,4,7-10,12H2. The van der Waals surface area contributed by atoms with Gasteiger partial charge in [0.2, 0.25) is 10.0 Å². The second-order valence-corrected chi connectivity index (χ2v) is 5.52. The zero-order chi connectivity index (χ0) is 11.9. The average Bonchev–Trinajstić information content (AvgIpc) is 2.28. The Hall–Kier alpha value is -0.910. The number of nitrogens with two attached hydrogens (primary N) is 1. The van der Waals surface area contributed by atoms with Gasteiger partial charge in [0.25, 0.3) is 0 Å². The van der Waals surface area contributed by atoms with E-state index in [2.05, 4.69) is 4.72 Å². The zero-order valence-corrected chi connectivity index (χ0v) is 10.0. The molecule has 0 amide bonds. The molecule has 0 radical (unpaired) electrons. The molecule has 0 atom stereocenters. The van der Waals surface area contributed by atoms with Crippen molar-refractivity contribution in [2.75, 3.05) is 18.8 Å². The van der Waals surface area contributed by atoms with Crippen molar-refractivity contribution < 1.29 is 8.42 Å². The molecule has 3 N–H and O–H groups in total. The van der Waals surface area contributed by atoms with Crippen LogP contribution in [0.25, 0.3) is 0 Å². The maximum absolute atomic E-state index is 11.4. The van der Waals surface area contributed by atoms with Gasteiger partial charge in [0, 0.05) is 6.54 Å². The summed E-state index contributed by atoms with van der Waals surface area (Å²) in [7, 11) is -3.14. The fourth-order valence-electron chi connectivity index (χ4n) is 1.34. The van der Waals surface area contributed by atoms with Crippen molar-refractivity contribution in [1.82, 2.24) is 4.72 Å². The highest BCUT2D eigenvalue weighted by Crippen LogP contribution is 1.98. The van der Waals surface area contributed by atoms with Crippen molar-refractivity contribution in [3.8, 4) is 0 Å². The largest absolute Gasteiger partial charge is 0.330 e. The minimum atomic E-state index is -3.14. The molecule has 0 aliphatic heterocycles. The first-order valence-corrected chi connectivity index (χ1v) is 7.00. The maximum atomic E-state index is 11.4. The summed E-state index contributed by atoms with van der Waals surface area (Å²) in [5.41, 5.74) is 6.39. The molecule has 5 heteroatoms. The van der Waals surface area contributed by atoms with E-state index < -0.39 is 10.0 Å². The minimum absolute atomic E-state index is 0.109. The Morgan fingerprint density at radius 1 is 1.19 bits per heavy atom. The van der Waals surface area contributed by atoms with Gasteiger partial charge in [0.15, 0.2) is 0 Å². The molecule has 0 aliphatic carbocycles. The van der Waals surface area contributed by atoms with Gasteiger partial charge in [-0.1, -0.05) is 30.3 Å². The molecule has 0 aliphatic rings. The van der Waals surface area contributed by atoms with Gasteiger partial charge in [-0.25, -0.2) is 13.1 Å². The lowest BCUT2D eigenvalue weighted by molar-refractivity contribution is 0.579. The van der Waals surface area contributed by atoms with Gasteiger partial charge in [-0.05, 0) is 24.9 Å². The Balaban J connectivity index is 2.30. The van der Waals surface area contributed by atoms with Crippen LogP contribution in [0.4, 0.5) is 0 Å². The van der Waals surface area contributed by atoms with Crippen LogP contribution in [0.5, 0.6) is 0 Å². The first-order chi connectivity index (χ1) is 7.64. The first kappa shape index (κ1) is 13.2. The second kappa shape index (κ2) is 6.62.